The number of aromatic nitrogens is 1. The van der Waals surface area contributed by atoms with Crippen LogP contribution in [0.2, 0.25) is 5.02 Å². The number of benzene rings is 2. The van der Waals surface area contributed by atoms with Gasteiger partial charge in [0.25, 0.3) is 0 Å². The van der Waals surface area contributed by atoms with Gasteiger partial charge < -0.3 is 14.8 Å². The zero-order valence-electron chi connectivity index (χ0n) is 16.1. The first-order valence-electron chi connectivity index (χ1n) is 9.11. The summed E-state index contributed by atoms with van der Waals surface area (Å²) in [4.78, 5) is 19.1. The van der Waals surface area contributed by atoms with Crippen molar-refractivity contribution in [3.05, 3.63) is 76.9 Å². The number of rotatable bonds is 4. The van der Waals surface area contributed by atoms with Crippen LogP contribution in [0.1, 0.15) is 17.0 Å². The lowest BCUT2D eigenvalue weighted by Crippen LogP contribution is -2.34. The van der Waals surface area contributed by atoms with Crippen LogP contribution in [0.3, 0.4) is 0 Å². The SMILES string of the molecule is COc1ccc(C2CN(C(=O)Nc3ccc(Cl)cc3)c3ncccc32)cc1OC. The number of carbonyl (C=O) groups is 1. The lowest BCUT2D eigenvalue weighted by atomic mass is 9.94. The van der Waals surface area contributed by atoms with Crippen LogP contribution in [0.15, 0.2) is 60.8 Å². The van der Waals surface area contributed by atoms with Crippen LogP contribution in [-0.2, 0) is 0 Å². The first-order chi connectivity index (χ1) is 14.1. The number of methoxy groups -OCH3 is 2. The number of pyridine rings is 1. The monoisotopic (exact) mass is 409 g/mol. The molecule has 0 saturated heterocycles. The molecule has 1 unspecified atom stereocenters. The van der Waals surface area contributed by atoms with Crippen molar-refractivity contribution < 1.29 is 14.3 Å². The van der Waals surface area contributed by atoms with Crippen molar-refractivity contribution in [2.75, 3.05) is 31.0 Å². The van der Waals surface area contributed by atoms with E-state index in [1.54, 1.807) is 49.6 Å². The Morgan fingerprint density at radius 3 is 2.59 bits per heavy atom. The van der Waals surface area contributed by atoms with Gasteiger partial charge in [-0.15, -0.1) is 0 Å². The maximum Gasteiger partial charge on any atom is 0.327 e. The highest BCUT2D eigenvalue weighted by atomic mass is 35.5. The Morgan fingerprint density at radius 2 is 1.86 bits per heavy atom. The van der Waals surface area contributed by atoms with E-state index in [9.17, 15) is 4.79 Å². The van der Waals surface area contributed by atoms with Gasteiger partial charge in [-0.05, 0) is 48.0 Å². The average Bonchev–Trinajstić information content (AvgIpc) is 3.14. The summed E-state index contributed by atoms with van der Waals surface area (Å²) >= 11 is 5.92. The second-order valence-corrected chi connectivity index (χ2v) is 7.07. The number of carbonyl (C=O) groups excluding carboxylic acids is 1. The van der Waals surface area contributed by atoms with Crippen LogP contribution >= 0.6 is 11.6 Å². The lowest BCUT2D eigenvalue weighted by Gasteiger charge is -2.18. The van der Waals surface area contributed by atoms with Gasteiger partial charge in [-0.1, -0.05) is 23.7 Å². The van der Waals surface area contributed by atoms with Gasteiger partial charge in [-0.3, -0.25) is 4.90 Å². The molecule has 0 bridgehead atoms. The van der Waals surface area contributed by atoms with Gasteiger partial charge in [0.2, 0.25) is 0 Å². The summed E-state index contributed by atoms with van der Waals surface area (Å²) in [5.74, 6) is 1.95. The van der Waals surface area contributed by atoms with Crippen LogP contribution in [0.4, 0.5) is 16.3 Å². The zero-order valence-corrected chi connectivity index (χ0v) is 16.8. The summed E-state index contributed by atoms with van der Waals surface area (Å²) in [7, 11) is 3.22. The fourth-order valence-corrected chi connectivity index (χ4v) is 3.66. The number of amides is 2. The van der Waals surface area contributed by atoms with E-state index in [1.165, 1.54) is 0 Å². The molecule has 0 radical (unpaired) electrons. The topological polar surface area (TPSA) is 63.7 Å². The summed E-state index contributed by atoms with van der Waals surface area (Å²) in [6.07, 6.45) is 1.69. The van der Waals surface area contributed by atoms with Crippen molar-refractivity contribution >= 4 is 29.1 Å². The van der Waals surface area contributed by atoms with Crippen molar-refractivity contribution in [3.63, 3.8) is 0 Å². The third-order valence-corrected chi connectivity index (χ3v) is 5.22. The number of nitrogens with one attached hydrogen (secondary N) is 1. The maximum absolute atomic E-state index is 13.0. The molecule has 1 atom stereocenters. The predicted molar refractivity (Wildman–Crippen MR) is 113 cm³/mol. The highest BCUT2D eigenvalue weighted by molar-refractivity contribution is 6.30. The van der Waals surface area contributed by atoms with Gasteiger partial charge in [0.1, 0.15) is 5.82 Å². The third kappa shape index (κ3) is 3.71. The molecule has 0 saturated carbocycles. The largest absolute Gasteiger partial charge is 0.493 e. The molecule has 2 aromatic carbocycles. The van der Waals surface area contributed by atoms with Gasteiger partial charge in [0, 0.05) is 34.9 Å². The number of fused-ring (bicyclic) bond motifs is 1. The Morgan fingerprint density at radius 1 is 1.10 bits per heavy atom. The Labute approximate surface area is 174 Å². The molecule has 2 amide bonds. The van der Waals surface area contributed by atoms with Crippen LogP contribution in [-0.4, -0.2) is 31.8 Å². The Balaban J connectivity index is 1.64. The van der Waals surface area contributed by atoms with Gasteiger partial charge in [0.15, 0.2) is 11.5 Å². The molecule has 6 nitrogen and oxygen atoms in total. The van der Waals surface area contributed by atoms with Crippen molar-refractivity contribution in [3.8, 4) is 11.5 Å². The molecular formula is C22H20ClN3O3. The fourth-order valence-electron chi connectivity index (χ4n) is 3.53. The van der Waals surface area contributed by atoms with E-state index < -0.39 is 0 Å². The zero-order chi connectivity index (χ0) is 20.4. The molecule has 1 aliphatic heterocycles. The van der Waals surface area contributed by atoms with Crippen LogP contribution in [0, 0.1) is 0 Å². The number of ether oxygens (including phenoxy) is 2. The summed E-state index contributed by atoms with van der Waals surface area (Å²) < 4.78 is 10.8. The van der Waals surface area contributed by atoms with Gasteiger partial charge in [-0.25, -0.2) is 9.78 Å². The lowest BCUT2D eigenvalue weighted by molar-refractivity contribution is 0.257. The molecule has 1 N–H and O–H groups in total. The number of hydrogen-bond donors (Lipinski definition) is 1. The minimum absolute atomic E-state index is 0.0190. The van der Waals surface area contributed by atoms with E-state index in [0.29, 0.717) is 34.6 Å². The maximum atomic E-state index is 13.0. The molecule has 0 spiro atoms. The van der Waals surface area contributed by atoms with Crippen molar-refractivity contribution in [2.24, 2.45) is 0 Å². The molecule has 0 fully saturated rings. The molecule has 7 heteroatoms. The highest BCUT2D eigenvalue weighted by Gasteiger charge is 2.34. The van der Waals surface area contributed by atoms with Crippen LogP contribution < -0.4 is 19.7 Å². The average molecular weight is 410 g/mol. The molecule has 2 heterocycles. The smallest absolute Gasteiger partial charge is 0.327 e. The second-order valence-electron chi connectivity index (χ2n) is 6.63. The first kappa shape index (κ1) is 19.1. The Hall–Kier alpha value is -3.25. The van der Waals surface area contributed by atoms with Gasteiger partial charge in [-0.2, -0.15) is 0 Å². The summed E-state index contributed by atoms with van der Waals surface area (Å²) in [5, 5.41) is 3.52. The fraction of sp³-hybridized carbons (Fsp3) is 0.182. The van der Waals surface area contributed by atoms with Gasteiger partial charge >= 0.3 is 6.03 Å². The molecular weight excluding hydrogens is 390 g/mol. The molecule has 3 aromatic rings. The molecule has 1 aliphatic rings. The Kier molecular flexibility index (Phi) is 5.27. The van der Waals surface area contributed by atoms with Crippen molar-refractivity contribution in [2.45, 2.75) is 5.92 Å². The standard InChI is InChI=1S/C22H20ClN3O3/c1-28-19-10-5-14(12-20(19)29-2)18-13-26(21-17(18)4-3-11-24-21)22(27)25-16-8-6-15(23)7-9-16/h3-12,18H,13H2,1-2H3,(H,25,27). The summed E-state index contributed by atoms with van der Waals surface area (Å²) in [5.41, 5.74) is 2.69. The second kappa shape index (κ2) is 8.01. The predicted octanol–water partition coefficient (Wildman–Crippen LogP) is 4.94. The normalized spacial score (nSPS) is 15.0. The van der Waals surface area contributed by atoms with Crippen LogP contribution in [0.25, 0.3) is 0 Å². The molecule has 148 valence electrons. The summed E-state index contributed by atoms with van der Waals surface area (Å²) in [6.45, 7) is 0.473. The number of anilines is 2. The van der Waals surface area contributed by atoms with E-state index >= 15 is 0 Å². The van der Waals surface area contributed by atoms with E-state index in [-0.39, 0.29) is 11.9 Å². The molecule has 0 aliphatic carbocycles. The van der Waals surface area contributed by atoms with Crippen molar-refractivity contribution in [1.82, 2.24) is 4.98 Å². The quantitative estimate of drug-likeness (QED) is 0.663. The number of urea groups is 1. The molecule has 1 aromatic heterocycles. The summed E-state index contributed by atoms with van der Waals surface area (Å²) in [6, 6.07) is 16.5. The van der Waals surface area contributed by atoms with E-state index in [4.69, 9.17) is 21.1 Å². The minimum atomic E-state index is -0.241. The first-order valence-corrected chi connectivity index (χ1v) is 9.49. The molecule has 4 rings (SSSR count). The van der Waals surface area contributed by atoms with Gasteiger partial charge in [0.05, 0.1) is 14.2 Å². The molecule has 29 heavy (non-hydrogen) atoms. The van der Waals surface area contributed by atoms with E-state index in [1.807, 2.05) is 30.3 Å². The minimum Gasteiger partial charge on any atom is -0.493 e. The number of halogens is 1. The van der Waals surface area contributed by atoms with Crippen LogP contribution in [0.5, 0.6) is 11.5 Å². The third-order valence-electron chi connectivity index (χ3n) is 4.96. The number of hydrogen-bond acceptors (Lipinski definition) is 4. The highest BCUT2D eigenvalue weighted by Crippen LogP contribution is 2.41. The number of nitrogens with zero attached hydrogens (tertiary/aromatic N) is 2. The Bertz CT molecular complexity index is 1040. The van der Waals surface area contributed by atoms with E-state index in [2.05, 4.69) is 10.3 Å². The van der Waals surface area contributed by atoms with Crippen molar-refractivity contribution in [1.29, 1.82) is 0 Å². The van der Waals surface area contributed by atoms with E-state index in [0.717, 1.165) is 11.1 Å².